The minimum absolute atomic E-state index is 0.0163. The lowest BCUT2D eigenvalue weighted by molar-refractivity contribution is 0.328. The summed E-state index contributed by atoms with van der Waals surface area (Å²) in [6, 6.07) is 3.89. The van der Waals surface area contributed by atoms with Crippen LogP contribution in [0, 0.1) is 0 Å². The molecule has 0 aliphatic carbocycles. The molecule has 0 spiro atoms. The van der Waals surface area contributed by atoms with E-state index in [9.17, 15) is 0 Å². The number of pyridine rings is 1. The Balaban J connectivity index is 2.38. The molecule has 86 valence electrons. The topological polar surface area (TPSA) is 56.7 Å². The van der Waals surface area contributed by atoms with Crippen LogP contribution in [-0.2, 0) is 5.54 Å². The lowest BCUT2D eigenvalue weighted by atomic mass is 9.98. The van der Waals surface area contributed by atoms with E-state index >= 15 is 0 Å². The Bertz CT molecular complexity index is 473. The van der Waals surface area contributed by atoms with Gasteiger partial charge in [-0.3, -0.25) is 0 Å². The zero-order chi connectivity index (χ0) is 11.6. The molecule has 0 amide bonds. The summed E-state index contributed by atoms with van der Waals surface area (Å²) in [5, 5.41) is 0. The summed E-state index contributed by atoms with van der Waals surface area (Å²) < 4.78 is 2.14. The van der Waals surface area contributed by atoms with Gasteiger partial charge in [0.05, 0.1) is 6.33 Å². The zero-order valence-electron chi connectivity index (χ0n) is 9.85. The van der Waals surface area contributed by atoms with Crippen molar-refractivity contribution in [3.8, 4) is 0 Å². The Morgan fingerprint density at radius 2 is 2.19 bits per heavy atom. The van der Waals surface area contributed by atoms with Crippen LogP contribution in [0.4, 0.5) is 0 Å². The van der Waals surface area contributed by atoms with Crippen molar-refractivity contribution in [2.45, 2.75) is 32.2 Å². The molecule has 0 unspecified atom stereocenters. The first-order valence-corrected chi connectivity index (χ1v) is 5.64. The minimum Gasteiger partial charge on any atom is -0.330 e. The van der Waals surface area contributed by atoms with Crippen LogP contribution in [0.2, 0.25) is 0 Å². The maximum absolute atomic E-state index is 5.56. The van der Waals surface area contributed by atoms with Crippen molar-refractivity contribution in [1.29, 1.82) is 0 Å². The Morgan fingerprint density at radius 1 is 1.38 bits per heavy atom. The number of nitrogens with zero attached hydrogens (tertiary/aromatic N) is 3. The van der Waals surface area contributed by atoms with Crippen molar-refractivity contribution in [2.24, 2.45) is 5.73 Å². The van der Waals surface area contributed by atoms with Crippen LogP contribution in [0.25, 0.3) is 11.2 Å². The van der Waals surface area contributed by atoms with Gasteiger partial charge in [0.15, 0.2) is 5.65 Å². The summed E-state index contributed by atoms with van der Waals surface area (Å²) in [6.07, 6.45) is 5.72. The molecule has 0 aliphatic heterocycles. The summed E-state index contributed by atoms with van der Waals surface area (Å²) in [5.41, 5.74) is 7.47. The first kappa shape index (κ1) is 11.1. The van der Waals surface area contributed by atoms with Gasteiger partial charge in [-0.2, -0.15) is 0 Å². The second kappa shape index (κ2) is 4.22. The molecule has 4 heteroatoms. The van der Waals surface area contributed by atoms with Crippen molar-refractivity contribution in [1.82, 2.24) is 14.5 Å². The predicted octanol–water partition coefficient (Wildman–Crippen LogP) is 1.91. The summed E-state index contributed by atoms with van der Waals surface area (Å²) in [5.74, 6) is 0. The molecule has 0 fully saturated rings. The number of hydrogen-bond donors (Lipinski definition) is 1. The molecule has 2 rings (SSSR count). The highest BCUT2D eigenvalue weighted by Gasteiger charge is 2.21. The van der Waals surface area contributed by atoms with E-state index in [4.69, 9.17) is 5.73 Å². The van der Waals surface area contributed by atoms with E-state index in [1.807, 2.05) is 18.5 Å². The molecule has 0 aliphatic rings. The van der Waals surface area contributed by atoms with E-state index in [2.05, 4.69) is 28.4 Å². The fourth-order valence-electron chi connectivity index (χ4n) is 1.95. The number of aromatic nitrogens is 3. The summed E-state index contributed by atoms with van der Waals surface area (Å²) in [6.45, 7) is 5.11. The molecule has 16 heavy (non-hydrogen) atoms. The van der Waals surface area contributed by atoms with Crippen LogP contribution in [0.15, 0.2) is 24.7 Å². The monoisotopic (exact) mass is 218 g/mol. The Morgan fingerprint density at radius 3 is 2.94 bits per heavy atom. The molecule has 0 bridgehead atoms. The third-order valence-electron chi connectivity index (χ3n) is 2.95. The van der Waals surface area contributed by atoms with Gasteiger partial charge in [0.1, 0.15) is 5.52 Å². The molecule has 0 saturated heterocycles. The molecule has 4 nitrogen and oxygen atoms in total. The maximum atomic E-state index is 5.56. The third kappa shape index (κ3) is 1.93. The molecular weight excluding hydrogens is 200 g/mol. The Kier molecular flexibility index (Phi) is 2.92. The van der Waals surface area contributed by atoms with E-state index in [1.165, 1.54) is 0 Å². The zero-order valence-corrected chi connectivity index (χ0v) is 9.85. The van der Waals surface area contributed by atoms with E-state index in [1.54, 1.807) is 6.20 Å². The van der Waals surface area contributed by atoms with Gasteiger partial charge in [-0.05, 0) is 45.4 Å². The molecule has 0 radical (unpaired) electrons. The number of nitrogens with two attached hydrogens (primary N) is 1. The van der Waals surface area contributed by atoms with Gasteiger partial charge in [0.25, 0.3) is 0 Å². The second-order valence-electron chi connectivity index (χ2n) is 4.67. The molecular formula is C12H18N4. The van der Waals surface area contributed by atoms with E-state index in [0.29, 0.717) is 0 Å². The van der Waals surface area contributed by atoms with Crippen molar-refractivity contribution in [3.63, 3.8) is 0 Å². The van der Waals surface area contributed by atoms with Gasteiger partial charge in [-0.25, -0.2) is 9.97 Å². The van der Waals surface area contributed by atoms with Crippen molar-refractivity contribution in [2.75, 3.05) is 6.54 Å². The third-order valence-corrected chi connectivity index (χ3v) is 2.95. The van der Waals surface area contributed by atoms with Gasteiger partial charge in [0, 0.05) is 11.7 Å². The SMILES string of the molecule is CC(C)(CCCN)n1cnc2cccnc21. The number of rotatable bonds is 4. The Hall–Kier alpha value is -1.42. The van der Waals surface area contributed by atoms with E-state index in [0.717, 1.165) is 30.6 Å². The lowest BCUT2D eigenvalue weighted by Crippen LogP contribution is -2.26. The van der Waals surface area contributed by atoms with Gasteiger partial charge >= 0.3 is 0 Å². The Labute approximate surface area is 95.5 Å². The molecule has 2 aromatic rings. The smallest absolute Gasteiger partial charge is 0.160 e. The average molecular weight is 218 g/mol. The van der Waals surface area contributed by atoms with Gasteiger partial charge in [-0.1, -0.05) is 0 Å². The van der Waals surface area contributed by atoms with Crippen LogP contribution in [-0.4, -0.2) is 21.1 Å². The first-order valence-electron chi connectivity index (χ1n) is 5.64. The molecule has 2 aromatic heterocycles. The van der Waals surface area contributed by atoms with Crippen LogP contribution < -0.4 is 5.73 Å². The highest BCUT2D eigenvalue weighted by atomic mass is 15.1. The van der Waals surface area contributed by atoms with Crippen LogP contribution in [0.5, 0.6) is 0 Å². The second-order valence-corrected chi connectivity index (χ2v) is 4.67. The normalized spacial score (nSPS) is 12.2. The summed E-state index contributed by atoms with van der Waals surface area (Å²) >= 11 is 0. The highest BCUT2D eigenvalue weighted by molar-refractivity contribution is 5.70. The minimum atomic E-state index is 0.0163. The van der Waals surface area contributed by atoms with Gasteiger partial charge in [-0.15, -0.1) is 0 Å². The quantitative estimate of drug-likeness (QED) is 0.852. The predicted molar refractivity (Wildman–Crippen MR) is 65.1 cm³/mol. The van der Waals surface area contributed by atoms with E-state index < -0.39 is 0 Å². The molecule has 2 N–H and O–H groups in total. The molecule has 2 heterocycles. The lowest BCUT2D eigenvalue weighted by Gasteiger charge is -2.26. The number of fused-ring (bicyclic) bond motifs is 1. The van der Waals surface area contributed by atoms with Crippen LogP contribution in [0.1, 0.15) is 26.7 Å². The van der Waals surface area contributed by atoms with Crippen LogP contribution >= 0.6 is 0 Å². The van der Waals surface area contributed by atoms with Crippen molar-refractivity contribution in [3.05, 3.63) is 24.7 Å². The standard InChI is InChI=1S/C12H18N4/c1-12(2,6-4-7-13)16-9-15-10-5-3-8-14-11(10)16/h3,5,8-9H,4,6-7,13H2,1-2H3. The molecule has 0 aromatic carbocycles. The number of imidazole rings is 1. The maximum Gasteiger partial charge on any atom is 0.160 e. The fraction of sp³-hybridized carbons (Fsp3) is 0.500. The number of hydrogen-bond acceptors (Lipinski definition) is 3. The summed E-state index contributed by atoms with van der Waals surface area (Å²) in [7, 11) is 0. The van der Waals surface area contributed by atoms with Gasteiger partial charge < -0.3 is 10.3 Å². The highest BCUT2D eigenvalue weighted by Crippen LogP contribution is 2.24. The molecule has 0 atom stereocenters. The first-order chi connectivity index (χ1) is 7.65. The van der Waals surface area contributed by atoms with E-state index in [-0.39, 0.29) is 5.54 Å². The van der Waals surface area contributed by atoms with Crippen molar-refractivity contribution >= 4 is 11.2 Å². The van der Waals surface area contributed by atoms with Crippen molar-refractivity contribution < 1.29 is 0 Å². The van der Waals surface area contributed by atoms with Crippen LogP contribution in [0.3, 0.4) is 0 Å². The fourth-order valence-corrected chi connectivity index (χ4v) is 1.95. The average Bonchev–Trinajstić information content (AvgIpc) is 2.71. The largest absolute Gasteiger partial charge is 0.330 e. The molecule has 0 saturated carbocycles. The summed E-state index contributed by atoms with van der Waals surface area (Å²) in [4.78, 5) is 8.75. The van der Waals surface area contributed by atoms with Gasteiger partial charge in [0.2, 0.25) is 0 Å².